The van der Waals surface area contributed by atoms with Crippen LogP contribution >= 0.6 is 11.3 Å². The molecule has 0 spiro atoms. The fourth-order valence-corrected chi connectivity index (χ4v) is 4.40. The molecule has 0 radical (unpaired) electrons. The normalized spacial score (nSPS) is 16.1. The summed E-state index contributed by atoms with van der Waals surface area (Å²) in [4.78, 5) is 43.7. The molecule has 29 heavy (non-hydrogen) atoms. The zero-order chi connectivity index (χ0) is 20.5. The van der Waals surface area contributed by atoms with Gasteiger partial charge in [0.25, 0.3) is 0 Å². The quantitative estimate of drug-likeness (QED) is 0.708. The Balaban J connectivity index is 1.40. The lowest BCUT2D eigenvalue weighted by molar-refractivity contribution is -0.137. The van der Waals surface area contributed by atoms with Gasteiger partial charge in [-0.05, 0) is 38.8 Å². The van der Waals surface area contributed by atoms with Crippen molar-refractivity contribution in [2.24, 2.45) is 5.92 Å². The molecule has 152 valence electrons. The third-order valence-corrected chi connectivity index (χ3v) is 6.17. The highest BCUT2D eigenvalue weighted by Gasteiger charge is 2.31. The molecule has 1 unspecified atom stereocenters. The van der Waals surface area contributed by atoms with Gasteiger partial charge in [-0.15, -0.1) is 11.3 Å². The average Bonchev–Trinajstić information content (AvgIpc) is 3.28. The van der Waals surface area contributed by atoms with Gasteiger partial charge in [0.05, 0.1) is 11.2 Å². The minimum atomic E-state index is -0.671. The van der Waals surface area contributed by atoms with Crippen LogP contribution in [0, 0.1) is 12.8 Å². The van der Waals surface area contributed by atoms with E-state index in [9.17, 15) is 14.4 Å². The summed E-state index contributed by atoms with van der Waals surface area (Å²) in [6.45, 7) is 4.53. The highest BCUT2D eigenvalue weighted by atomic mass is 32.1. The Morgan fingerprint density at radius 3 is 2.69 bits per heavy atom. The van der Waals surface area contributed by atoms with Crippen molar-refractivity contribution in [1.29, 1.82) is 0 Å². The lowest BCUT2D eigenvalue weighted by atomic mass is 9.95. The molecule has 0 saturated carbocycles. The summed E-state index contributed by atoms with van der Waals surface area (Å²) in [6.07, 6.45) is 1.16. The number of aromatic nitrogens is 2. The number of carbonyl (C=O) groups excluding carboxylic acids is 2. The Labute approximate surface area is 171 Å². The van der Waals surface area contributed by atoms with E-state index in [1.165, 1.54) is 15.9 Å². The lowest BCUT2D eigenvalue weighted by Gasteiger charge is -2.33. The second-order valence-electron chi connectivity index (χ2n) is 7.26. The molecule has 0 aliphatic carbocycles. The largest absolute Gasteiger partial charge is 0.420 e. The number of amides is 2. The predicted octanol–water partition coefficient (Wildman–Crippen LogP) is 2.80. The molecule has 2 aromatic heterocycles. The monoisotopic (exact) mass is 414 g/mol. The van der Waals surface area contributed by atoms with Crippen LogP contribution in [-0.2, 0) is 9.59 Å². The molecule has 1 fully saturated rings. The Hall–Kier alpha value is -2.94. The van der Waals surface area contributed by atoms with Gasteiger partial charge in [-0.25, -0.2) is 9.78 Å². The molecule has 1 aliphatic rings. The van der Waals surface area contributed by atoms with E-state index in [0.717, 1.165) is 5.69 Å². The molecule has 0 bridgehead atoms. The Morgan fingerprint density at radius 2 is 2.00 bits per heavy atom. The third kappa shape index (κ3) is 3.82. The Kier molecular flexibility index (Phi) is 5.23. The van der Waals surface area contributed by atoms with Crippen molar-refractivity contribution in [3.8, 4) is 0 Å². The number of oxazole rings is 1. The minimum absolute atomic E-state index is 0.0588. The molecular formula is C20H22N4O4S. The number of likely N-dealkylation sites (tertiary alicyclic amines) is 1. The van der Waals surface area contributed by atoms with Gasteiger partial charge in [-0.2, -0.15) is 0 Å². The van der Waals surface area contributed by atoms with E-state index < -0.39 is 11.8 Å². The molecular weight excluding hydrogens is 392 g/mol. The zero-order valence-electron chi connectivity index (χ0n) is 16.3. The number of thiazole rings is 1. The number of hydrogen-bond donors (Lipinski definition) is 1. The van der Waals surface area contributed by atoms with Gasteiger partial charge in [0, 0.05) is 24.4 Å². The second-order valence-corrected chi connectivity index (χ2v) is 8.12. The molecule has 1 aliphatic heterocycles. The molecule has 4 rings (SSSR count). The number of rotatable bonds is 4. The molecule has 1 aromatic carbocycles. The topological polar surface area (TPSA) is 97.4 Å². The standard InChI is InChI=1S/C20H22N4O4S/c1-12-11-29-19(21-12)22-17(25)14-7-9-23(10-8-14)18(26)13(2)24-15-5-3-4-6-16(15)28-20(24)27/h3-6,11,13-14H,7-10H2,1-2H3,(H,21,22,25). The lowest BCUT2D eigenvalue weighted by Crippen LogP contribution is -2.44. The van der Waals surface area contributed by atoms with Gasteiger partial charge in [0.1, 0.15) is 6.04 Å². The molecule has 8 nitrogen and oxygen atoms in total. The highest BCUT2D eigenvalue weighted by Crippen LogP contribution is 2.24. The van der Waals surface area contributed by atoms with E-state index in [4.69, 9.17) is 4.42 Å². The summed E-state index contributed by atoms with van der Waals surface area (Å²) in [5, 5.41) is 5.35. The molecule has 3 aromatic rings. The van der Waals surface area contributed by atoms with Crippen molar-refractivity contribution in [3.63, 3.8) is 0 Å². The van der Waals surface area contributed by atoms with Crippen molar-refractivity contribution in [2.45, 2.75) is 32.7 Å². The van der Waals surface area contributed by atoms with Crippen LogP contribution in [0.3, 0.4) is 0 Å². The van der Waals surface area contributed by atoms with Gasteiger partial charge in [0.2, 0.25) is 11.8 Å². The van der Waals surface area contributed by atoms with E-state index in [-0.39, 0.29) is 17.7 Å². The van der Waals surface area contributed by atoms with Gasteiger partial charge in [-0.1, -0.05) is 12.1 Å². The fourth-order valence-electron chi connectivity index (χ4n) is 3.71. The number of nitrogens with zero attached hydrogens (tertiary/aromatic N) is 3. The molecule has 1 N–H and O–H groups in total. The van der Waals surface area contributed by atoms with Crippen molar-refractivity contribution >= 4 is 39.4 Å². The first-order valence-corrected chi connectivity index (χ1v) is 10.4. The number of fused-ring (bicyclic) bond motifs is 1. The molecule has 3 heterocycles. The maximum atomic E-state index is 13.0. The van der Waals surface area contributed by atoms with E-state index in [0.29, 0.717) is 42.2 Å². The second kappa shape index (κ2) is 7.82. The fraction of sp³-hybridized carbons (Fsp3) is 0.400. The van der Waals surface area contributed by atoms with Crippen LogP contribution in [0.2, 0.25) is 0 Å². The summed E-state index contributed by atoms with van der Waals surface area (Å²) in [6, 6.07) is 6.39. The number of benzene rings is 1. The van der Waals surface area contributed by atoms with Crippen LogP contribution in [0.15, 0.2) is 38.9 Å². The smallest absolute Gasteiger partial charge is 0.408 e. The summed E-state index contributed by atoms with van der Waals surface area (Å²) >= 11 is 1.40. The van der Waals surface area contributed by atoms with Crippen LogP contribution in [0.5, 0.6) is 0 Å². The maximum Gasteiger partial charge on any atom is 0.420 e. The Morgan fingerprint density at radius 1 is 1.28 bits per heavy atom. The Bertz CT molecular complexity index is 1110. The highest BCUT2D eigenvalue weighted by molar-refractivity contribution is 7.13. The first-order chi connectivity index (χ1) is 13.9. The van der Waals surface area contributed by atoms with E-state index in [1.807, 2.05) is 12.3 Å². The maximum absolute atomic E-state index is 13.0. The van der Waals surface area contributed by atoms with Crippen molar-refractivity contribution in [1.82, 2.24) is 14.5 Å². The summed E-state index contributed by atoms with van der Waals surface area (Å²) in [5.41, 5.74) is 1.94. The SMILES string of the molecule is Cc1csc(NC(=O)C2CCN(C(=O)C(C)n3c(=O)oc4ccccc43)CC2)n1. The van der Waals surface area contributed by atoms with Crippen LogP contribution in [0.4, 0.5) is 5.13 Å². The number of nitrogens with one attached hydrogen (secondary N) is 1. The molecule has 1 saturated heterocycles. The van der Waals surface area contributed by atoms with Gasteiger partial charge in [-0.3, -0.25) is 14.2 Å². The van der Waals surface area contributed by atoms with Gasteiger partial charge in [0.15, 0.2) is 10.7 Å². The van der Waals surface area contributed by atoms with Crippen LogP contribution in [0.25, 0.3) is 11.1 Å². The third-order valence-electron chi connectivity index (χ3n) is 5.29. The van der Waals surface area contributed by atoms with E-state index in [1.54, 1.807) is 36.1 Å². The average molecular weight is 414 g/mol. The number of hydrogen-bond acceptors (Lipinski definition) is 6. The first kappa shape index (κ1) is 19.4. The first-order valence-electron chi connectivity index (χ1n) is 9.56. The van der Waals surface area contributed by atoms with Crippen LogP contribution in [0.1, 0.15) is 31.5 Å². The number of anilines is 1. The van der Waals surface area contributed by atoms with Crippen LogP contribution < -0.4 is 11.1 Å². The van der Waals surface area contributed by atoms with Crippen molar-refractivity contribution < 1.29 is 14.0 Å². The number of piperidine rings is 1. The van der Waals surface area contributed by atoms with Gasteiger partial charge >= 0.3 is 5.76 Å². The minimum Gasteiger partial charge on any atom is -0.408 e. The molecule has 1 atom stereocenters. The van der Waals surface area contributed by atoms with Crippen LogP contribution in [-0.4, -0.2) is 39.4 Å². The summed E-state index contributed by atoms with van der Waals surface area (Å²) in [7, 11) is 0. The van der Waals surface area contributed by atoms with E-state index in [2.05, 4.69) is 10.3 Å². The number of aryl methyl sites for hydroxylation is 1. The summed E-state index contributed by atoms with van der Waals surface area (Å²) < 4.78 is 6.63. The van der Waals surface area contributed by atoms with Crippen molar-refractivity contribution in [2.75, 3.05) is 18.4 Å². The van der Waals surface area contributed by atoms with Crippen molar-refractivity contribution in [3.05, 3.63) is 45.9 Å². The molecule has 2 amide bonds. The summed E-state index contributed by atoms with van der Waals surface area (Å²) in [5.74, 6) is -0.902. The predicted molar refractivity (Wildman–Crippen MR) is 110 cm³/mol. The molecule has 9 heteroatoms. The zero-order valence-corrected chi connectivity index (χ0v) is 17.1. The van der Waals surface area contributed by atoms with Gasteiger partial charge < -0.3 is 14.6 Å². The van der Waals surface area contributed by atoms with E-state index >= 15 is 0 Å². The number of para-hydroxylation sites is 2. The number of carbonyl (C=O) groups is 2.